The van der Waals surface area contributed by atoms with E-state index in [1.807, 2.05) is 6.92 Å². The summed E-state index contributed by atoms with van der Waals surface area (Å²) in [6, 6.07) is 6.20. The van der Waals surface area contributed by atoms with Crippen LogP contribution >= 0.6 is 0 Å². The molecule has 20 heavy (non-hydrogen) atoms. The Morgan fingerprint density at radius 2 is 2.30 bits per heavy atom. The second-order valence-electron chi connectivity index (χ2n) is 4.82. The van der Waals surface area contributed by atoms with E-state index in [1.165, 1.54) is 12.1 Å². The van der Waals surface area contributed by atoms with Crippen molar-refractivity contribution >= 4 is 5.97 Å². The van der Waals surface area contributed by atoms with Crippen molar-refractivity contribution in [2.45, 2.75) is 26.2 Å². The Kier molecular flexibility index (Phi) is 4.45. The fourth-order valence-corrected chi connectivity index (χ4v) is 1.94. The fraction of sp³-hybridized carbons (Fsp3) is 0.357. The van der Waals surface area contributed by atoms with Crippen molar-refractivity contribution in [2.24, 2.45) is 5.92 Å². The third-order valence-corrected chi connectivity index (χ3v) is 2.81. The molecular formula is C14H15FN2O3. The Hall–Kier alpha value is -2.24. The molecule has 1 atom stereocenters. The Labute approximate surface area is 115 Å². The smallest absolute Gasteiger partial charge is 0.303 e. The number of halogens is 1. The summed E-state index contributed by atoms with van der Waals surface area (Å²) < 4.78 is 18.1. The normalized spacial score (nSPS) is 12.3. The van der Waals surface area contributed by atoms with Crippen LogP contribution in [-0.4, -0.2) is 21.2 Å². The highest BCUT2D eigenvalue weighted by Crippen LogP contribution is 2.13. The van der Waals surface area contributed by atoms with Crippen molar-refractivity contribution in [1.29, 1.82) is 0 Å². The molecule has 1 aromatic carbocycles. The molecule has 0 bridgehead atoms. The summed E-state index contributed by atoms with van der Waals surface area (Å²) in [7, 11) is 0. The first-order valence-corrected chi connectivity index (χ1v) is 6.30. The molecule has 0 radical (unpaired) electrons. The van der Waals surface area contributed by atoms with Gasteiger partial charge in [-0.25, -0.2) is 4.39 Å². The molecule has 2 rings (SSSR count). The highest BCUT2D eigenvalue weighted by atomic mass is 19.1. The molecule has 0 aliphatic heterocycles. The van der Waals surface area contributed by atoms with Crippen molar-refractivity contribution in [3.05, 3.63) is 47.4 Å². The van der Waals surface area contributed by atoms with E-state index in [1.54, 1.807) is 12.1 Å². The van der Waals surface area contributed by atoms with Crippen LogP contribution < -0.4 is 0 Å². The molecule has 6 heteroatoms. The SMILES string of the molecule is CC(CC(=O)O)Cc1nc(Cc2cccc(F)c2)no1. The molecule has 0 saturated carbocycles. The first-order valence-electron chi connectivity index (χ1n) is 6.30. The number of carboxylic acids is 1. The maximum Gasteiger partial charge on any atom is 0.303 e. The number of aromatic nitrogens is 2. The van der Waals surface area contributed by atoms with Crippen molar-refractivity contribution in [2.75, 3.05) is 0 Å². The summed E-state index contributed by atoms with van der Waals surface area (Å²) in [6.45, 7) is 1.81. The van der Waals surface area contributed by atoms with Crippen molar-refractivity contribution in [1.82, 2.24) is 10.1 Å². The Morgan fingerprint density at radius 3 is 3.00 bits per heavy atom. The number of benzene rings is 1. The zero-order valence-electron chi connectivity index (χ0n) is 11.0. The number of carbonyl (C=O) groups is 1. The van der Waals surface area contributed by atoms with E-state index in [-0.39, 0.29) is 18.2 Å². The minimum atomic E-state index is -0.850. The number of carboxylic acid groups (broad SMARTS) is 1. The predicted octanol–water partition coefficient (Wildman–Crippen LogP) is 2.45. The first-order chi connectivity index (χ1) is 9.52. The van der Waals surface area contributed by atoms with Gasteiger partial charge in [-0.05, 0) is 23.6 Å². The van der Waals surface area contributed by atoms with Crippen LogP contribution in [0.2, 0.25) is 0 Å². The van der Waals surface area contributed by atoms with Gasteiger partial charge in [-0.3, -0.25) is 4.79 Å². The van der Waals surface area contributed by atoms with E-state index in [9.17, 15) is 9.18 Å². The molecular weight excluding hydrogens is 263 g/mol. The van der Waals surface area contributed by atoms with Crippen LogP contribution in [0.5, 0.6) is 0 Å². The van der Waals surface area contributed by atoms with Gasteiger partial charge in [0.2, 0.25) is 5.89 Å². The molecule has 2 aromatic rings. The van der Waals surface area contributed by atoms with Crippen LogP contribution in [0.15, 0.2) is 28.8 Å². The molecule has 0 fully saturated rings. The van der Waals surface area contributed by atoms with Gasteiger partial charge in [-0.15, -0.1) is 0 Å². The second-order valence-corrected chi connectivity index (χ2v) is 4.82. The zero-order chi connectivity index (χ0) is 14.5. The van der Waals surface area contributed by atoms with Crippen molar-refractivity contribution < 1.29 is 18.8 Å². The lowest BCUT2D eigenvalue weighted by Crippen LogP contribution is -2.07. The summed E-state index contributed by atoms with van der Waals surface area (Å²) >= 11 is 0. The number of rotatable bonds is 6. The quantitative estimate of drug-likeness (QED) is 0.878. The number of hydrogen-bond donors (Lipinski definition) is 1. The van der Waals surface area contributed by atoms with Gasteiger partial charge >= 0.3 is 5.97 Å². The zero-order valence-corrected chi connectivity index (χ0v) is 11.0. The lowest BCUT2D eigenvalue weighted by atomic mass is 10.0. The summed E-state index contributed by atoms with van der Waals surface area (Å²) in [5.41, 5.74) is 0.760. The Bertz CT molecular complexity index is 598. The molecule has 5 nitrogen and oxygen atoms in total. The summed E-state index contributed by atoms with van der Waals surface area (Å²) in [5, 5.41) is 12.5. The molecule has 1 aromatic heterocycles. The molecule has 0 saturated heterocycles. The molecule has 1 unspecified atom stereocenters. The van der Waals surface area contributed by atoms with Crippen LogP contribution in [0.1, 0.15) is 30.6 Å². The van der Waals surface area contributed by atoms with Crippen LogP contribution in [0.3, 0.4) is 0 Å². The van der Waals surface area contributed by atoms with Crippen molar-refractivity contribution in [3.8, 4) is 0 Å². The van der Waals surface area contributed by atoms with Gasteiger partial charge in [0.05, 0.1) is 0 Å². The average molecular weight is 278 g/mol. The molecule has 0 aliphatic carbocycles. The van der Waals surface area contributed by atoms with Gasteiger partial charge < -0.3 is 9.63 Å². The number of hydrogen-bond acceptors (Lipinski definition) is 4. The van der Waals surface area contributed by atoms with Gasteiger partial charge in [0.25, 0.3) is 0 Å². The van der Waals surface area contributed by atoms with Crippen LogP contribution in [-0.2, 0) is 17.6 Å². The molecule has 1 N–H and O–H groups in total. The number of nitrogens with zero attached hydrogens (tertiary/aromatic N) is 2. The first kappa shape index (κ1) is 14.2. The molecule has 106 valence electrons. The van der Waals surface area contributed by atoms with Gasteiger partial charge in [-0.2, -0.15) is 4.98 Å². The van der Waals surface area contributed by atoms with Crippen molar-refractivity contribution in [3.63, 3.8) is 0 Å². The second kappa shape index (κ2) is 6.27. The van der Waals surface area contributed by atoms with E-state index >= 15 is 0 Å². The highest BCUT2D eigenvalue weighted by Gasteiger charge is 2.14. The van der Waals surface area contributed by atoms with E-state index in [2.05, 4.69) is 10.1 Å². The van der Waals surface area contributed by atoms with Gasteiger partial charge in [0, 0.05) is 19.3 Å². The van der Waals surface area contributed by atoms with Gasteiger partial charge in [-0.1, -0.05) is 24.2 Å². The monoisotopic (exact) mass is 278 g/mol. The predicted molar refractivity (Wildman–Crippen MR) is 68.6 cm³/mol. The minimum Gasteiger partial charge on any atom is -0.481 e. The van der Waals surface area contributed by atoms with Gasteiger partial charge in [0.15, 0.2) is 5.82 Å². The third-order valence-electron chi connectivity index (χ3n) is 2.81. The molecule has 1 heterocycles. The van der Waals surface area contributed by atoms with E-state index in [4.69, 9.17) is 9.63 Å². The van der Waals surface area contributed by atoms with Crippen LogP contribution in [0.4, 0.5) is 4.39 Å². The van der Waals surface area contributed by atoms with E-state index in [0.29, 0.717) is 24.6 Å². The Balaban J connectivity index is 1.97. The largest absolute Gasteiger partial charge is 0.481 e. The summed E-state index contributed by atoms with van der Waals surface area (Å²) in [4.78, 5) is 14.8. The average Bonchev–Trinajstić information content (AvgIpc) is 2.75. The lowest BCUT2D eigenvalue weighted by molar-refractivity contribution is -0.137. The maximum atomic E-state index is 13.0. The summed E-state index contributed by atoms with van der Waals surface area (Å²) in [6.07, 6.45) is 0.860. The summed E-state index contributed by atoms with van der Waals surface area (Å²) in [5.74, 6) is -0.355. The maximum absolute atomic E-state index is 13.0. The number of aliphatic carboxylic acids is 1. The topological polar surface area (TPSA) is 76.2 Å². The third kappa shape index (κ3) is 4.15. The lowest BCUT2D eigenvalue weighted by Gasteiger charge is -2.03. The fourth-order valence-electron chi connectivity index (χ4n) is 1.94. The van der Waals surface area contributed by atoms with E-state index < -0.39 is 5.97 Å². The molecule has 0 aliphatic rings. The van der Waals surface area contributed by atoms with Gasteiger partial charge in [0.1, 0.15) is 5.82 Å². The molecule has 0 spiro atoms. The van der Waals surface area contributed by atoms with Crippen LogP contribution in [0, 0.1) is 11.7 Å². The van der Waals surface area contributed by atoms with E-state index in [0.717, 1.165) is 5.56 Å². The molecule has 0 amide bonds. The van der Waals surface area contributed by atoms with Crippen LogP contribution in [0.25, 0.3) is 0 Å². The highest BCUT2D eigenvalue weighted by molar-refractivity contribution is 5.66. The standard InChI is InChI=1S/C14H15FN2O3/c1-9(6-14(18)19)5-13-16-12(17-20-13)8-10-3-2-4-11(15)7-10/h2-4,7,9H,5-6,8H2,1H3,(H,18,19). The Morgan fingerprint density at radius 1 is 1.50 bits per heavy atom. The minimum absolute atomic E-state index is 0.0572.